The normalized spacial score (nSPS) is 15.1. The molecule has 11 heteroatoms. The Morgan fingerprint density at radius 3 is 2.76 bits per heavy atom. The van der Waals surface area contributed by atoms with E-state index in [1.165, 1.54) is 46.2 Å². The van der Waals surface area contributed by atoms with Gasteiger partial charge in [0.1, 0.15) is 16.9 Å². The van der Waals surface area contributed by atoms with Crippen molar-refractivity contribution in [3.8, 4) is 6.07 Å². The lowest BCUT2D eigenvalue weighted by atomic mass is 9.72. The number of nitriles is 1. The van der Waals surface area contributed by atoms with Gasteiger partial charge in [0.2, 0.25) is 5.91 Å². The lowest BCUT2D eigenvalue weighted by Gasteiger charge is -2.33. The molecular weight excluding hydrogens is 511 g/mol. The summed E-state index contributed by atoms with van der Waals surface area (Å²) in [6.07, 6.45) is 2.83. The van der Waals surface area contributed by atoms with Gasteiger partial charge in [-0.15, -0.1) is 21.5 Å². The first kappa shape index (κ1) is 26.8. The third-order valence-corrected chi connectivity index (χ3v) is 8.83. The first-order valence-electron chi connectivity index (χ1n) is 12.0. The minimum atomic E-state index is -0.597. The van der Waals surface area contributed by atoms with Crippen LogP contribution in [0.3, 0.4) is 0 Å². The predicted octanol–water partition coefficient (Wildman–Crippen LogP) is 4.70. The number of fused-ring (bicyclic) bond motifs is 1. The number of rotatable bonds is 7. The van der Waals surface area contributed by atoms with Crippen LogP contribution in [0.5, 0.6) is 0 Å². The molecule has 0 radical (unpaired) electrons. The second-order valence-electron chi connectivity index (χ2n) is 10.1. The zero-order chi connectivity index (χ0) is 26.7. The van der Waals surface area contributed by atoms with Gasteiger partial charge >= 0.3 is 0 Å². The number of thioether (sulfide) groups is 1. The first-order valence-corrected chi connectivity index (χ1v) is 13.8. The highest BCUT2D eigenvalue weighted by Crippen LogP contribution is 2.44. The highest BCUT2D eigenvalue weighted by Gasteiger charge is 2.32. The smallest absolute Gasteiger partial charge is 0.254 e. The Labute approximate surface area is 223 Å². The van der Waals surface area contributed by atoms with Crippen LogP contribution in [0, 0.1) is 28.5 Å². The van der Waals surface area contributed by atoms with E-state index < -0.39 is 11.7 Å². The van der Waals surface area contributed by atoms with Crippen LogP contribution in [0.15, 0.2) is 29.4 Å². The quantitative estimate of drug-likeness (QED) is 0.420. The molecule has 0 fully saturated rings. The highest BCUT2D eigenvalue weighted by molar-refractivity contribution is 7.99. The molecule has 2 heterocycles. The summed E-state index contributed by atoms with van der Waals surface area (Å²) in [7, 11) is 1.73. The molecule has 2 aromatic heterocycles. The molecule has 0 spiro atoms. The van der Waals surface area contributed by atoms with Gasteiger partial charge in [-0.25, -0.2) is 4.39 Å². The molecular formula is C26H29FN6O2S2. The van der Waals surface area contributed by atoms with Gasteiger partial charge in [0.15, 0.2) is 11.0 Å². The number of thiophene rings is 1. The Morgan fingerprint density at radius 1 is 1.30 bits per heavy atom. The Hall–Kier alpha value is -3.23. The molecule has 0 saturated heterocycles. The van der Waals surface area contributed by atoms with Crippen molar-refractivity contribution >= 4 is 39.9 Å². The van der Waals surface area contributed by atoms with Gasteiger partial charge in [-0.05, 0) is 48.3 Å². The molecule has 0 aliphatic heterocycles. The van der Waals surface area contributed by atoms with E-state index in [0.29, 0.717) is 27.5 Å². The average molecular weight is 541 g/mol. The number of halogens is 1. The average Bonchev–Trinajstić information content (AvgIpc) is 3.39. The number of hydrogen-bond donors (Lipinski definition) is 2. The molecule has 3 aromatic rings. The lowest BCUT2D eigenvalue weighted by Crippen LogP contribution is -2.26. The second kappa shape index (κ2) is 11.0. The zero-order valence-electron chi connectivity index (χ0n) is 21.2. The number of carbonyl (C=O) groups excluding carboxylic acids is 2. The summed E-state index contributed by atoms with van der Waals surface area (Å²) in [5, 5.41) is 24.6. The lowest BCUT2D eigenvalue weighted by molar-refractivity contribution is -0.113. The molecule has 0 bridgehead atoms. The SMILES string of the molecule is Cn1c(CNC(=O)c2ccccc2F)nnc1SCC(=O)Nc1sc2c(c1C#N)CC[C@H](C(C)(C)C)C2. The Bertz CT molecular complexity index is 1370. The van der Waals surface area contributed by atoms with Crippen molar-refractivity contribution in [1.29, 1.82) is 5.26 Å². The molecule has 194 valence electrons. The van der Waals surface area contributed by atoms with E-state index in [2.05, 4.69) is 47.7 Å². The minimum absolute atomic E-state index is 0.0446. The molecule has 0 saturated carbocycles. The van der Waals surface area contributed by atoms with Gasteiger partial charge in [-0.1, -0.05) is 44.7 Å². The number of benzene rings is 1. The van der Waals surface area contributed by atoms with Crippen molar-refractivity contribution in [1.82, 2.24) is 20.1 Å². The van der Waals surface area contributed by atoms with E-state index in [4.69, 9.17) is 0 Å². The fourth-order valence-electron chi connectivity index (χ4n) is 4.35. The Balaban J connectivity index is 1.34. The van der Waals surface area contributed by atoms with Crippen LogP contribution in [-0.2, 0) is 31.2 Å². The fraction of sp³-hybridized carbons (Fsp3) is 0.423. The maximum atomic E-state index is 13.8. The molecule has 1 aliphatic carbocycles. The number of amides is 2. The third kappa shape index (κ3) is 6.02. The van der Waals surface area contributed by atoms with E-state index in [0.717, 1.165) is 24.8 Å². The predicted molar refractivity (Wildman–Crippen MR) is 142 cm³/mol. The fourth-order valence-corrected chi connectivity index (χ4v) is 6.37. The van der Waals surface area contributed by atoms with Crippen molar-refractivity contribution in [2.24, 2.45) is 18.4 Å². The van der Waals surface area contributed by atoms with Crippen LogP contribution >= 0.6 is 23.1 Å². The van der Waals surface area contributed by atoms with Crippen LogP contribution in [0.1, 0.15) is 59.4 Å². The summed E-state index contributed by atoms with van der Waals surface area (Å²) >= 11 is 2.72. The van der Waals surface area contributed by atoms with Crippen LogP contribution in [0.25, 0.3) is 0 Å². The van der Waals surface area contributed by atoms with Crippen LogP contribution < -0.4 is 10.6 Å². The number of aromatic nitrogens is 3. The molecule has 1 aromatic carbocycles. The van der Waals surface area contributed by atoms with E-state index in [9.17, 15) is 19.2 Å². The summed E-state index contributed by atoms with van der Waals surface area (Å²) in [4.78, 5) is 26.2. The van der Waals surface area contributed by atoms with Crippen LogP contribution in [-0.4, -0.2) is 32.3 Å². The van der Waals surface area contributed by atoms with Gasteiger partial charge in [0.05, 0.1) is 23.4 Å². The van der Waals surface area contributed by atoms with Crippen molar-refractivity contribution in [3.05, 3.63) is 57.5 Å². The van der Waals surface area contributed by atoms with Crippen LogP contribution in [0.2, 0.25) is 0 Å². The number of anilines is 1. The van der Waals surface area contributed by atoms with Crippen molar-refractivity contribution in [2.45, 2.75) is 51.7 Å². The topological polar surface area (TPSA) is 113 Å². The monoisotopic (exact) mass is 540 g/mol. The molecule has 2 N–H and O–H groups in total. The van der Waals surface area contributed by atoms with Gasteiger partial charge in [-0.3, -0.25) is 9.59 Å². The molecule has 8 nitrogen and oxygen atoms in total. The van der Waals surface area contributed by atoms with Gasteiger partial charge in [0.25, 0.3) is 5.91 Å². The standard InChI is InChI=1S/C26H29FN6O2S2/c1-26(2,3)15-9-10-16-18(12-28)24(37-20(16)11-15)30-22(34)14-36-25-32-31-21(33(25)4)13-29-23(35)17-7-5-6-8-19(17)27/h5-8,15H,9-11,13-14H2,1-4H3,(H,29,35)(H,30,34)/t15-/m0/s1. The number of nitrogens with zero attached hydrogens (tertiary/aromatic N) is 4. The minimum Gasteiger partial charge on any atom is -0.345 e. The van der Waals surface area contributed by atoms with Crippen LogP contribution in [0.4, 0.5) is 9.39 Å². The van der Waals surface area contributed by atoms with Crippen molar-refractivity contribution in [2.75, 3.05) is 11.1 Å². The van der Waals surface area contributed by atoms with E-state index in [1.54, 1.807) is 17.7 Å². The summed E-state index contributed by atoms with van der Waals surface area (Å²) < 4.78 is 15.5. The van der Waals surface area contributed by atoms with E-state index in [-0.39, 0.29) is 29.2 Å². The highest BCUT2D eigenvalue weighted by atomic mass is 32.2. The largest absolute Gasteiger partial charge is 0.345 e. The summed E-state index contributed by atoms with van der Waals surface area (Å²) in [5.74, 6) is -0.267. The Morgan fingerprint density at radius 2 is 2.05 bits per heavy atom. The zero-order valence-corrected chi connectivity index (χ0v) is 22.9. The number of hydrogen-bond acceptors (Lipinski definition) is 7. The van der Waals surface area contributed by atoms with E-state index >= 15 is 0 Å². The maximum absolute atomic E-state index is 13.8. The van der Waals surface area contributed by atoms with Gasteiger partial charge in [0, 0.05) is 11.9 Å². The first-order chi connectivity index (χ1) is 17.6. The molecule has 1 aliphatic rings. The Kier molecular flexibility index (Phi) is 7.99. The maximum Gasteiger partial charge on any atom is 0.254 e. The summed E-state index contributed by atoms with van der Waals surface area (Å²) in [6, 6.07) is 8.04. The molecule has 1 atom stereocenters. The summed E-state index contributed by atoms with van der Waals surface area (Å²) in [5.41, 5.74) is 1.81. The van der Waals surface area contributed by atoms with Crippen molar-refractivity contribution in [3.63, 3.8) is 0 Å². The number of carbonyl (C=O) groups is 2. The summed E-state index contributed by atoms with van der Waals surface area (Å²) in [6.45, 7) is 6.80. The molecule has 4 rings (SSSR count). The van der Waals surface area contributed by atoms with Crippen molar-refractivity contribution < 1.29 is 14.0 Å². The second-order valence-corrected chi connectivity index (χ2v) is 12.1. The third-order valence-electron chi connectivity index (χ3n) is 6.64. The van der Waals surface area contributed by atoms with Gasteiger partial charge < -0.3 is 15.2 Å². The molecule has 37 heavy (non-hydrogen) atoms. The van der Waals surface area contributed by atoms with E-state index in [1.807, 2.05) is 0 Å². The molecule has 0 unspecified atom stereocenters. The number of nitrogens with one attached hydrogen (secondary N) is 2. The van der Waals surface area contributed by atoms with Gasteiger partial charge in [-0.2, -0.15) is 5.26 Å². The molecule has 2 amide bonds.